The van der Waals surface area contributed by atoms with Gasteiger partial charge in [-0.3, -0.25) is 9.79 Å². The van der Waals surface area contributed by atoms with Gasteiger partial charge in [-0.1, -0.05) is 30.4 Å². The summed E-state index contributed by atoms with van der Waals surface area (Å²) >= 11 is 0. The monoisotopic (exact) mass is 462 g/mol. The van der Waals surface area contributed by atoms with E-state index >= 15 is 0 Å². The quantitative estimate of drug-likeness (QED) is 0.635. The zero-order chi connectivity index (χ0) is 22.1. The zero-order valence-electron chi connectivity index (χ0n) is 19.2. The summed E-state index contributed by atoms with van der Waals surface area (Å²) in [6.07, 6.45) is 14.7. The highest BCUT2D eigenvalue weighted by Gasteiger charge is 2.35. The Balaban J connectivity index is 0.00000259. The second-order valence-corrected chi connectivity index (χ2v) is 9.08. The second-order valence-electron chi connectivity index (χ2n) is 9.08. The van der Waals surface area contributed by atoms with Crippen molar-refractivity contribution in [2.45, 2.75) is 25.7 Å². The van der Waals surface area contributed by atoms with Crippen LogP contribution in [0.2, 0.25) is 0 Å². The van der Waals surface area contributed by atoms with Gasteiger partial charge in [0.2, 0.25) is 5.91 Å². The van der Waals surface area contributed by atoms with Crippen molar-refractivity contribution in [2.75, 3.05) is 26.0 Å². The lowest BCUT2D eigenvalue weighted by atomic mass is 9.80. The van der Waals surface area contributed by atoms with Crippen LogP contribution < -0.4 is 5.32 Å². The molecule has 0 saturated carbocycles. The number of nitrogens with one attached hydrogen (secondary N) is 1. The molecule has 1 aromatic heterocycles. The maximum Gasteiger partial charge on any atom is 0.231 e. The van der Waals surface area contributed by atoms with Crippen LogP contribution in [0.1, 0.15) is 30.5 Å². The van der Waals surface area contributed by atoms with E-state index in [0.29, 0.717) is 0 Å². The van der Waals surface area contributed by atoms with Crippen LogP contribution in [0.5, 0.6) is 0 Å². The van der Waals surface area contributed by atoms with Gasteiger partial charge in [-0.15, -0.1) is 12.4 Å². The number of amides is 1. The van der Waals surface area contributed by atoms with Gasteiger partial charge >= 0.3 is 0 Å². The molecule has 0 saturated heterocycles. The molecule has 0 radical (unpaired) electrons. The maximum absolute atomic E-state index is 13.4. The first-order valence-electron chi connectivity index (χ1n) is 11.5. The molecule has 0 fully saturated rings. The number of aromatic nitrogens is 1. The van der Waals surface area contributed by atoms with Gasteiger partial charge in [-0.05, 0) is 76.2 Å². The van der Waals surface area contributed by atoms with Crippen molar-refractivity contribution >= 4 is 41.5 Å². The molecule has 1 N–H and O–H groups in total. The molecular formula is C27H31ClN4O. The van der Waals surface area contributed by atoms with Gasteiger partial charge in [0.05, 0.1) is 23.0 Å². The largest absolute Gasteiger partial charge is 0.326 e. The summed E-state index contributed by atoms with van der Waals surface area (Å²) in [5.74, 6) is -0.182. The molecule has 5 rings (SSSR count). The molecule has 1 amide bonds. The summed E-state index contributed by atoms with van der Waals surface area (Å²) in [7, 11) is 4.18. The first kappa shape index (κ1) is 23.3. The van der Waals surface area contributed by atoms with Crippen LogP contribution in [0, 0.1) is 11.8 Å². The van der Waals surface area contributed by atoms with E-state index in [1.165, 1.54) is 16.8 Å². The molecule has 2 aromatic rings. The number of carbonyl (C=O) groups excluding carboxylic acids is 1. The Morgan fingerprint density at radius 3 is 2.82 bits per heavy atom. The van der Waals surface area contributed by atoms with Gasteiger partial charge in [-0.25, -0.2) is 0 Å². The number of rotatable bonds is 6. The van der Waals surface area contributed by atoms with Gasteiger partial charge in [-0.2, -0.15) is 0 Å². The number of hydrogen-bond donors (Lipinski definition) is 1. The average molecular weight is 463 g/mol. The highest BCUT2D eigenvalue weighted by atomic mass is 35.5. The number of para-hydroxylation sites is 1. The molecule has 0 bridgehead atoms. The lowest BCUT2D eigenvalue weighted by Crippen LogP contribution is -2.32. The fraction of sp³-hybridized carbons (Fsp3) is 0.333. The molecule has 1 aromatic carbocycles. The number of nitrogens with zero attached hydrogens (tertiary/aromatic N) is 3. The number of benzene rings is 1. The van der Waals surface area contributed by atoms with Crippen LogP contribution in [-0.2, 0) is 11.2 Å². The third-order valence-corrected chi connectivity index (χ3v) is 6.60. The minimum absolute atomic E-state index is 0. The molecular weight excluding hydrogens is 432 g/mol. The zero-order valence-corrected chi connectivity index (χ0v) is 20.0. The van der Waals surface area contributed by atoms with Crippen molar-refractivity contribution in [1.82, 2.24) is 9.47 Å². The van der Waals surface area contributed by atoms with E-state index in [1.54, 1.807) is 0 Å². The summed E-state index contributed by atoms with van der Waals surface area (Å²) in [6, 6.07) is 11.9. The van der Waals surface area contributed by atoms with E-state index in [1.807, 2.05) is 36.5 Å². The molecule has 2 heterocycles. The van der Waals surface area contributed by atoms with E-state index in [4.69, 9.17) is 4.99 Å². The Kier molecular flexibility index (Phi) is 7.01. The Hall–Kier alpha value is -2.89. The van der Waals surface area contributed by atoms with Gasteiger partial charge in [0.25, 0.3) is 0 Å². The smallest absolute Gasteiger partial charge is 0.231 e. The predicted octanol–water partition coefficient (Wildman–Crippen LogP) is 5.28. The number of anilines is 1. The Morgan fingerprint density at radius 2 is 2.03 bits per heavy atom. The lowest BCUT2D eigenvalue weighted by Gasteiger charge is -2.30. The van der Waals surface area contributed by atoms with Crippen LogP contribution in [0.15, 0.2) is 71.5 Å². The number of halogens is 1. The van der Waals surface area contributed by atoms with Crippen LogP contribution >= 0.6 is 12.4 Å². The molecule has 6 heteroatoms. The van der Waals surface area contributed by atoms with Gasteiger partial charge in [0, 0.05) is 29.6 Å². The number of hydrogen-bond acceptors (Lipinski definition) is 3. The van der Waals surface area contributed by atoms with E-state index in [9.17, 15) is 4.79 Å². The van der Waals surface area contributed by atoms with Crippen LogP contribution in [-0.4, -0.2) is 42.2 Å². The number of fused-ring (bicyclic) bond motifs is 1. The van der Waals surface area contributed by atoms with Crippen molar-refractivity contribution < 1.29 is 4.79 Å². The minimum atomic E-state index is -0.248. The summed E-state index contributed by atoms with van der Waals surface area (Å²) < 4.78 is 2.28. The molecule has 0 spiro atoms. The maximum atomic E-state index is 13.4. The number of aliphatic imine (C=N–C) groups is 1. The molecule has 1 aliphatic heterocycles. The summed E-state index contributed by atoms with van der Waals surface area (Å²) in [5.41, 5.74) is 6.78. The van der Waals surface area contributed by atoms with Gasteiger partial charge in [0.1, 0.15) is 0 Å². The number of carbonyl (C=O) groups is 1. The molecule has 3 aliphatic rings. The van der Waals surface area contributed by atoms with E-state index in [0.717, 1.165) is 49.3 Å². The first-order valence-corrected chi connectivity index (χ1v) is 11.5. The lowest BCUT2D eigenvalue weighted by molar-refractivity contribution is -0.119. The third kappa shape index (κ3) is 4.61. The molecule has 2 aliphatic carbocycles. The summed E-state index contributed by atoms with van der Waals surface area (Å²) in [6.45, 7) is 0.990. The molecule has 2 atom stereocenters. The van der Waals surface area contributed by atoms with Crippen molar-refractivity contribution in [1.29, 1.82) is 0 Å². The van der Waals surface area contributed by atoms with E-state index < -0.39 is 0 Å². The first-order chi connectivity index (χ1) is 15.6. The Morgan fingerprint density at radius 1 is 1.21 bits per heavy atom. The molecule has 33 heavy (non-hydrogen) atoms. The fourth-order valence-electron chi connectivity index (χ4n) is 5.03. The predicted molar refractivity (Wildman–Crippen MR) is 139 cm³/mol. The van der Waals surface area contributed by atoms with Crippen LogP contribution in [0.3, 0.4) is 0 Å². The van der Waals surface area contributed by atoms with Crippen LogP contribution in [0.25, 0.3) is 11.3 Å². The standard InChI is InChI=1S/C27H30N4O.ClH/c1-30(2)16-7-12-22-23(27(32)29-21-10-4-3-5-11-21)13-14-24-25(22)28-18-20-9-6-8-19-15-17-31(24)26(19)20;/h3-5,9-11,13-15,17-18,22-23H,6-8,12,16H2,1-2H3,(H,29,32);1H. The number of aryl methyl sites for hydroxylation is 1. The van der Waals surface area contributed by atoms with Crippen molar-refractivity contribution in [3.63, 3.8) is 0 Å². The Labute approximate surface area is 202 Å². The topological polar surface area (TPSA) is 49.6 Å². The molecule has 2 unspecified atom stereocenters. The summed E-state index contributed by atoms with van der Waals surface area (Å²) in [5, 5.41) is 3.11. The summed E-state index contributed by atoms with van der Waals surface area (Å²) in [4.78, 5) is 20.5. The van der Waals surface area contributed by atoms with Crippen molar-refractivity contribution in [2.24, 2.45) is 16.8 Å². The Bertz CT molecular complexity index is 1140. The average Bonchev–Trinajstić information content (AvgIpc) is 3.15. The van der Waals surface area contributed by atoms with Crippen LogP contribution in [0.4, 0.5) is 5.69 Å². The van der Waals surface area contributed by atoms with Crippen molar-refractivity contribution in [3.8, 4) is 0 Å². The second kappa shape index (κ2) is 9.94. The number of allylic oxidation sites excluding steroid dienone is 5. The molecule has 172 valence electrons. The highest BCUT2D eigenvalue weighted by Crippen LogP contribution is 2.41. The molecule has 5 nitrogen and oxygen atoms in total. The highest BCUT2D eigenvalue weighted by molar-refractivity contribution is 6.12. The fourth-order valence-corrected chi connectivity index (χ4v) is 5.03. The van der Waals surface area contributed by atoms with Gasteiger partial charge < -0.3 is 14.8 Å². The SMILES string of the molecule is CN(C)CCCC1C2=C(C=CC1C(=O)Nc1ccccc1)n1ccc3c1C(=CCC3)C=N2.Cl. The normalized spacial score (nSPS) is 20.5. The van der Waals surface area contributed by atoms with E-state index in [-0.39, 0.29) is 30.2 Å². The van der Waals surface area contributed by atoms with Crippen molar-refractivity contribution in [3.05, 3.63) is 77.8 Å². The third-order valence-electron chi connectivity index (χ3n) is 6.60. The minimum Gasteiger partial charge on any atom is -0.326 e. The van der Waals surface area contributed by atoms with E-state index in [2.05, 4.69) is 59.4 Å². The van der Waals surface area contributed by atoms with Gasteiger partial charge in [0.15, 0.2) is 0 Å².